The van der Waals surface area contributed by atoms with Gasteiger partial charge in [-0.1, -0.05) is 30.5 Å². The van der Waals surface area contributed by atoms with Gasteiger partial charge >= 0.3 is 0 Å². The van der Waals surface area contributed by atoms with Gasteiger partial charge in [0.15, 0.2) is 0 Å². The molecule has 2 rings (SSSR count). The lowest BCUT2D eigenvalue weighted by Gasteiger charge is -2.14. The molecule has 0 aromatic heterocycles. The molecule has 1 aromatic rings. The number of nitrogens with one attached hydrogen (secondary N) is 1. The summed E-state index contributed by atoms with van der Waals surface area (Å²) in [6.07, 6.45) is 3.94. The van der Waals surface area contributed by atoms with Gasteiger partial charge in [0.05, 0.1) is 5.02 Å². The lowest BCUT2D eigenvalue weighted by atomic mass is 10.2. The minimum Gasteiger partial charge on any atom is -0.326 e. The fraction of sp³-hybridized carbons (Fsp3) is 0.500. The Bertz CT molecular complexity index is 525. The molecule has 0 aliphatic heterocycles. The average Bonchev–Trinajstić information content (AvgIpc) is 2.81. The molecule has 1 aromatic carbocycles. The van der Waals surface area contributed by atoms with Crippen molar-refractivity contribution in [3.05, 3.63) is 28.8 Å². The van der Waals surface area contributed by atoms with E-state index in [9.17, 15) is 8.42 Å². The highest BCUT2D eigenvalue weighted by Crippen LogP contribution is 2.25. The first-order valence-corrected chi connectivity index (χ1v) is 7.90. The van der Waals surface area contributed by atoms with Crippen LogP contribution in [0.5, 0.6) is 0 Å². The van der Waals surface area contributed by atoms with Crippen molar-refractivity contribution in [1.82, 2.24) is 4.72 Å². The zero-order chi connectivity index (χ0) is 13.2. The summed E-state index contributed by atoms with van der Waals surface area (Å²) in [5.41, 5.74) is 6.27. The second-order valence-electron chi connectivity index (χ2n) is 4.57. The molecule has 0 radical (unpaired) electrons. The Labute approximate surface area is 113 Å². The Hall–Kier alpha value is -0.620. The summed E-state index contributed by atoms with van der Waals surface area (Å²) in [5, 5.41) is 0.234. The normalized spacial score (nSPS) is 17.2. The lowest BCUT2D eigenvalue weighted by Crippen LogP contribution is -2.32. The van der Waals surface area contributed by atoms with Crippen LogP contribution < -0.4 is 10.5 Å². The van der Waals surface area contributed by atoms with Crippen molar-refractivity contribution in [1.29, 1.82) is 0 Å². The van der Waals surface area contributed by atoms with Crippen molar-refractivity contribution in [3.63, 3.8) is 0 Å². The van der Waals surface area contributed by atoms with Crippen LogP contribution in [-0.2, 0) is 16.6 Å². The van der Waals surface area contributed by atoms with Gasteiger partial charge < -0.3 is 5.73 Å². The van der Waals surface area contributed by atoms with E-state index in [0.29, 0.717) is 6.54 Å². The Kier molecular flexibility index (Phi) is 4.27. The van der Waals surface area contributed by atoms with Crippen LogP contribution in [0.4, 0.5) is 0 Å². The third-order valence-electron chi connectivity index (χ3n) is 3.20. The summed E-state index contributed by atoms with van der Waals surface area (Å²) in [6, 6.07) is 4.89. The zero-order valence-corrected chi connectivity index (χ0v) is 11.6. The van der Waals surface area contributed by atoms with E-state index in [1.54, 1.807) is 18.2 Å². The molecule has 1 aliphatic carbocycles. The molecule has 0 bridgehead atoms. The predicted octanol–water partition coefficient (Wildman–Crippen LogP) is 2.02. The minimum atomic E-state index is -3.54. The van der Waals surface area contributed by atoms with Crippen LogP contribution in [0.2, 0.25) is 5.02 Å². The van der Waals surface area contributed by atoms with E-state index >= 15 is 0 Å². The van der Waals surface area contributed by atoms with Gasteiger partial charge in [-0.2, -0.15) is 0 Å². The summed E-state index contributed by atoms with van der Waals surface area (Å²) < 4.78 is 27.2. The largest absolute Gasteiger partial charge is 0.326 e. The summed E-state index contributed by atoms with van der Waals surface area (Å²) in [7, 11) is -3.54. The van der Waals surface area contributed by atoms with Crippen molar-refractivity contribution >= 4 is 21.6 Å². The van der Waals surface area contributed by atoms with E-state index in [2.05, 4.69) is 4.72 Å². The fourth-order valence-corrected chi connectivity index (χ4v) is 4.06. The number of benzene rings is 1. The highest BCUT2D eigenvalue weighted by Gasteiger charge is 2.24. The first-order valence-electron chi connectivity index (χ1n) is 6.04. The molecule has 1 aliphatic rings. The quantitative estimate of drug-likeness (QED) is 0.890. The predicted molar refractivity (Wildman–Crippen MR) is 71.9 cm³/mol. The van der Waals surface area contributed by atoms with Crippen LogP contribution in [0, 0.1) is 0 Å². The molecule has 100 valence electrons. The van der Waals surface area contributed by atoms with Crippen LogP contribution in [0.25, 0.3) is 0 Å². The number of nitrogens with two attached hydrogens (primary N) is 1. The molecule has 0 atom stereocenters. The summed E-state index contributed by atoms with van der Waals surface area (Å²) in [6.45, 7) is 0.295. The van der Waals surface area contributed by atoms with E-state index in [4.69, 9.17) is 17.3 Å². The molecule has 1 fully saturated rings. The second kappa shape index (κ2) is 5.57. The summed E-state index contributed by atoms with van der Waals surface area (Å²) in [4.78, 5) is 0.124. The zero-order valence-electron chi connectivity index (χ0n) is 10.0. The molecule has 4 nitrogen and oxygen atoms in total. The molecule has 0 saturated heterocycles. The average molecular weight is 289 g/mol. The van der Waals surface area contributed by atoms with Crippen LogP contribution in [0.1, 0.15) is 31.2 Å². The van der Waals surface area contributed by atoms with E-state index in [1.807, 2.05) is 0 Å². The van der Waals surface area contributed by atoms with E-state index in [-0.39, 0.29) is 16.0 Å². The van der Waals surface area contributed by atoms with Gasteiger partial charge in [-0.05, 0) is 30.5 Å². The Morgan fingerprint density at radius 1 is 1.33 bits per heavy atom. The number of rotatable bonds is 4. The van der Waals surface area contributed by atoms with Gasteiger partial charge in [-0.15, -0.1) is 0 Å². The Balaban J connectivity index is 2.27. The summed E-state index contributed by atoms with van der Waals surface area (Å²) >= 11 is 5.96. The van der Waals surface area contributed by atoms with Gasteiger partial charge in [0, 0.05) is 12.6 Å². The van der Waals surface area contributed by atoms with Gasteiger partial charge in [0.1, 0.15) is 4.90 Å². The van der Waals surface area contributed by atoms with E-state index in [1.165, 1.54) is 0 Å². The standard InChI is InChI=1S/C12H17ClN2O2S/c13-11-6-5-9(8-14)7-12(11)18(16,17)15-10-3-1-2-4-10/h5-7,10,15H,1-4,8,14H2. The van der Waals surface area contributed by atoms with Crippen molar-refractivity contribution in [2.75, 3.05) is 0 Å². The molecular weight excluding hydrogens is 272 g/mol. The van der Waals surface area contributed by atoms with Crippen molar-refractivity contribution in [2.24, 2.45) is 5.73 Å². The van der Waals surface area contributed by atoms with Crippen LogP contribution in [0.3, 0.4) is 0 Å². The molecule has 18 heavy (non-hydrogen) atoms. The van der Waals surface area contributed by atoms with E-state index < -0.39 is 10.0 Å². The minimum absolute atomic E-state index is 0.0348. The molecule has 0 unspecified atom stereocenters. The molecule has 1 saturated carbocycles. The monoisotopic (exact) mass is 288 g/mol. The maximum absolute atomic E-state index is 12.2. The lowest BCUT2D eigenvalue weighted by molar-refractivity contribution is 0.552. The molecule has 3 N–H and O–H groups in total. The van der Waals surface area contributed by atoms with Crippen molar-refractivity contribution < 1.29 is 8.42 Å². The molecule has 0 amide bonds. The maximum atomic E-state index is 12.2. The molecule has 0 heterocycles. The molecule has 0 spiro atoms. The Morgan fingerprint density at radius 3 is 2.61 bits per heavy atom. The number of hydrogen-bond acceptors (Lipinski definition) is 3. The summed E-state index contributed by atoms with van der Waals surface area (Å²) in [5.74, 6) is 0. The Morgan fingerprint density at radius 2 is 2.00 bits per heavy atom. The van der Waals surface area contributed by atoms with Crippen molar-refractivity contribution in [3.8, 4) is 0 Å². The first kappa shape index (κ1) is 13.8. The van der Waals surface area contributed by atoms with Crippen LogP contribution in [0.15, 0.2) is 23.1 Å². The van der Waals surface area contributed by atoms with Gasteiger partial charge in [-0.25, -0.2) is 13.1 Å². The van der Waals surface area contributed by atoms with Crippen LogP contribution >= 0.6 is 11.6 Å². The van der Waals surface area contributed by atoms with Crippen LogP contribution in [-0.4, -0.2) is 14.5 Å². The topological polar surface area (TPSA) is 72.2 Å². The van der Waals surface area contributed by atoms with Gasteiger partial charge in [-0.3, -0.25) is 0 Å². The highest BCUT2D eigenvalue weighted by atomic mass is 35.5. The number of sulfonamides is 1. The second-order valence-corrected chi connectivity index (χ2v) is 6.66. The SMILES string of the molecule is NCc1ccc(Cl)c(S(=O)(=O)NC2CCCC2)c1. The van der Waals surface area contributed by atoms with E-state index in [0.717, 1.165) is 31.2 Å². The van der Waals surface area contributed by atoms with Gasteiger partial charge in [0.2, 0.25) is 10.0 Å². The van der Waals surface area contributed by atoms with Crippen molar-refractivity contribution in [2.45, 2.75) is 43.2 Å². The first-order chi connectivity index (χ1) is 8.53. The third kappa shape index (κ3) is 3.03. The highest BCUT2D eigenvalue weighted by molar-refractivity contribution is 7.89. The molecular formula is C12H17ClN2O2S. The molecule has 6 heteroatoms. The third-order valence-corrected chi connectivity index (χ3v) is 5.20. The number of halogens is 1. The maximum Gasteiger partial charge on any atom is 0.242 e. The smallest absolute Gasteiger partial charge is 0.242 e. The number of hydrogen-bond donors (Lipinski definition) is 2. The fourth-order valence-electron chi connectivity index (χ4n) is 2.21. The van der Waals surface area contributed by atoms with Gasteiger partial charge in [0.25, 0.3) is 0 Å².